The van der Waals surface area contributed by atoms with E-state index in [0.29, 0.717) is 5.75 Å². The lowest BCUT2D eigenvalue weighted by Crippen LogP contribution is -2.03. The number of methoxy groups -OCH3 is 1. The minimum atomic E-state index is -2.84. The maximum atomic E-state index is 12.0. The Balaban J connectivity index is 2.98. The molecule has 0 heterocycles. The average Bonchev–Trinajstić information content (AvgIpc) is 2.20. The van der Waals surface area contributed by atoms with Gasteiger partial charge in [-0.1, -0.05) is 18.2 Å². The van der Waals surface area contributed by atoms with E-state index in [1.807, 2.05) is 19.1 Å². The quantitative estimate of drug-likeness (QED) is 0.765. The molecule has 2 nitrogen and oxygen atoms in total. The van der Waals surface area contributed by atoms with E-state index in [4.69, 9.17) is 4.74 Å². The SMILES string of the molecule is CC=Cc1ccc(OC(F)F)c(OC)c1. The molecule has 0 aliphatic carbocycles. The van der Waals surface area contributed by atoms with Crippen molar-refractivity contribution in [3.63, 3.8) is 0 Å². The van der Waals surface area contributed by atoms with Crippen LogP contribution in [-0.2, 0) is 0 Å². The summed E-state index contributed by atoms with van der Waals surface area (Å²) in [6, 6.07) is 4.78. The van der Waals surface area contributed by atoms with E-state index in [2.05, 4.69) is 4.74 Å². The highest BCUT2D eigenvalue weighted by molar-refractivity contribution is 5.55. The first kappa shape index (κ1) is 11.5. The van der Waals surface area contributed by atoms with Gasteiger partial charge in [0, 0.05) is 0 Å². The third-order valence-electron chi connectivity index (χ3n) is 1.76. The fourth-order valence-corrected chi connectivity index (χ4v) is 1.17. The van der Waals surface area contributed by atoms with E-state index in [1.165, 1.54) is 13.2 Å². The number of benzene rings is 1. The van der Waals surface area contributed by atoms with Crippen molar-refractivity contribution in [3.8, 4) is 11.5 Å². The number of hydrogen-bond acceptors (Lipinski definition) is 2. The Hall–Kier alpha value is -1.58. The maximum absolute atomic E-state index is 12.0. The fourth-order valence-electron chi connectivity index (χ4n) is 1.17. The zero-order valence-corrected chi connectivity index (χ0v) is 8.54. The van der Waals surface area contributed by atoms with Crippen LogP contribution in [0, 0.1) is 0 Å². The molecular formula is C11H12F2O2. The lowest BCUT2D eigenvalue weighted by molar-refractivity contribution is -0.0512. The first-order chi connectivity index (χ1) is 7.17. The maximum Gasteiger partial charge on any atom is 0.387 e. The van der Waals surface area contributed by atoms with E-state index in [9.17, 15) is 8.78 Å². The Bertz CT molecular complexity index is 348. The molecule has 0 unspecified atom stereocenters. The van der Waals surface area contributed by atoms with Gasteiger partial charge in [-0.2, -0.15) is 8.78 Å². The number of ether oxygens (including phenoxy) is 2. The van der Waals surface area contributed by atoms with Gasteiger partial charge in [-0.15, -0.1) is 0 Å². The molecule has 82 valence electrons. The second-order valence-electron chi connectivity index (χ2n) is 2.79. The molecule has 0 N–H and O–H groups in total. The van der Waals surface area contributed by atoms with Crippen molar-refractivity contribution in [1.82, 2.24) is 0 Å². The fraction of sp³-hybridized carbons (Fsp3) is 0.273. The van der Waals surface area contributed by atoms with Gasteiger partial charge in [-0.25, -0.2) is 0 Å². The Morgan fingerprint density at radius 1 is 1.27 bits per heavy atom. The van der Waals surface area contributed by atoms with Crippen LogP contribution in [-0.4, -0.2) is 13.7 Å². The molecule has 0 radical (unpaired) electrons. The molecule has 4 heteroatoms. The molecule has 1 aromatic carbocycles. The van der Waals surface area contributed by atoms with Crippen molar-refractivity contribution in [3.05, 3.63) is 29.8 Å². The van der Waals surface area contributed by atoms with Crippen molar-refractivity contribution in [2.75, 3.05) is 7.11 Å². The topological polar surface area (TPSA) is 18.5 Å². The highest BCUT2D eigenvalue weighted by Gasteiger charge is 2.09. The zero-order valence-electron chi connectivity index (χ0n) is 8.54. The molecule has 0 fully saturated rings. The van der Waals surface area contributed by atoms with Crippen LogP contribution in [0.15, 0.2) is 24.3 Å². The third-order valence-corrected chi connectivity index (χ3v) is 1.76. The first-order valence-electron chi connectivity index (χ1n) is 4.43. The van der Waals surface area contributed by atoms with Crippen molar-refractivity contribution in [2.24, 2.45) is 0 Å². The molecule has 0 spiro atoms. The average molecular weight is 214 g/mol. The van der Waals surface area contributed by atoms with Gasteiger partial charge in [0.25, 0.3) is 0 Å². The molecule has 0 atom stereocenters. The van der Waals surface area contributed by atoms with Crippen molar-refractivity contribution >= 4 is 6.08 Å². The van der Waals surface area contributed by atoms with Crippen LogP contribution in [0.4, 0.5) is 8.78 Å². The van der Waals surface area contributed by atoms with Gasteiger partial charge in [0.05, 0.1) is 7.11 Å². The summed E-state index contributed by atoms with van der Waals surface area (Å²) >= 11 is 0. The molecule has 1 aromatic rings. The van der Waals surface area contributed by atoms with Crippen molar-refractivity contribution in [1.29, 1.82) is 0 Å². The van der Waals surface area contributed by atoms with Crippen LogP contribution in [0.5, 0.6) is 11.5 Å². The molecule has 15 heavy (non-hydrogen) atoms. The summed E-state index contributed by atoms with van der Waals surface area (Å²) in [5, 5.41) is 0. The molecular weight excluding hydrogens is 202 g/mol. The number of alkyl halides is 2. The molecule has 0 saturated carbocycles. The summed E-state index contributed by atoms with van der Waals surface area (Å²) in [6.45, 7) is -0.970. The lowest BCUT2D eigenvalue weighted by Gasteiger charge is -2.09. The minimum absolute atomic E-state index is 0.0424. The third kappa shape index (κ3) is 3.23. The van der Waals surface area contributed by atoms with E-state index in [0.717, 1.165) is 5.56 Å². The molecule has 1 rings (SSSR count). The lowest BCUT2D eigenvalue weighted by atomic mass is 10.2. The van der Waals surface area contributed by atoms with E-state index in [-0.39, 0.29) is 5.75 Å². The predicted octanol–water partition coefficient (Wildman–Crippen LogP) is 3.33. The van der Waals surface area contributed by atoms with Crippen LogP contribution >= 0.6 is 0 Å². The molecule has 0 aliphatic heterocycles. The molecule has 0 saturated heterocycles. The zero-order chi connectivity index (χ0) is 11.3. The molecule has 0 bridgehead atoms. The molecule has 0 aromatic heterocycles. The number of rotatable bonds is 4. The standard InChI is InChI=1S/C11H12F2O2/c1-3-4-8-5-6-9(15-11(12)13)10(7-8)14-2/h3-7,11H,1-2H3. The van der Waals surface area contributed by atoms with Crippen LogP contribution in [0.2, 0.25) is 0 Å². The number of hydrogen-bond donors (Lipinski definition) is 0. The Morgan fingerprint density at radius 2 is 2.00 bits per heavy atom. The minimum Gasteiger partial charge on any atom is -0.493 e. The Kier molecular flexibility index (Phi) is 4.09. The summed E-state index contributed by atoms with van der Waals surface area (Å²) in [4.78, 5) is 0. The smallest absolute Gasteiger partial charge is 0.387 e. The number of halogens is 2. The van der Waals surface area contributed by atoms with Gasteiger partial charge in [0.1, 0.15) is 0 Å². The van der Waals surface area contributed by atoms with Crippen LogP contribution in [0.1, 0.15) is 12.5 Å². The van der Waals surface area contributed by atoms with Gasteiger partial charge < -0.3 is 9.47 Å². The van der Waals surface area contributed by atoms with Gasteiger partial charge >= 0.3 is 6.61 Å². The van der Waals surface area contributed by atoms with Gasteiger partial charge in [0.2, 0.25) is 0 Å². The Morgan fingerprint density at radius 3 is 2.53 bits per heavy atom. The predicted molar refractivity (Wildman–Crippen MR) is 54.3 cm³/mol. The summed E-state index contributed by atoms with van der Waals surface area (Å²) in [5.74, 6) is 0.339. The second kappa shape index (κ2) is 5.34. The van der Waals surface area contributed by atoms with Crippen LogP contribution in [0.3, 0.4) is 0 Å². The summed E-state index contributed by atoms with van der Waals surface area (Å²) in [5.41, 5.74) is 0.871. The van der Waals surface area contributed by atoms with Gasteiger partial charge in [0.15, 0.2) is 11.5 Å². The summed E-state index contributed by atoms with van der Waals surface area (Å²) < 4.78 is 33.2. The first-order valence-corrected chi connectivity index (χ1v) is 4.43. The van der Waals surface area contributed by atoms with E-state index in [1.54, 1.807) is 12.1 Å². The van der Waals surface area contributed by atoms with Crippen LogP contribution in [0.25, 0.3) is 6.08 Å². The monoisotopic (exact) mass is 214 g/mol. The summed E-state index contributed by atoms with van der Waals surface area (Å²) in [7, 11) is 1.41. The highest BCUT2D eigenvalue weighted by Crippen LogP contribution is 2.29. The summed E-state index contributed by atoms with van der Waals surface area (Å²) in [6.07, 6.45) is 3.69. The molecule has 0 amide bonds. The largest absolute Gasteiger partial charge is 0.493 e. The van der Waals surface area contributed by atoms with Gasteiger partial charge in [-0.05, 0) is 24.6 Å². The Labute approximate surface area is 87.1 Å². The van der Waals surface area contributed by atoms with Crippen LogP contribution < -0.4 is 9.47 Å². The second-order valence-corrected chi connectivity index (χ2v) is 2.79. The number of allylic oxidation sites excluding steroid dienone is 1. The van der Waals surface area contributed by atoms with Crippen molar-refractivity contribution < 1.29 is 18.3 Å². The molecule has 0 aliphatic rings. The highest BCUT2D eigenvalue weighted by atomic mass is 19.3. The van der Waals surface area contributed by atoms with E-state index < -0.39 is 6.61 Å². The van der Waals surface area contributed by atoms with Crippen molar-refractivity contribution in [2.45, 2.75) is 13.5 Å². The normalized spacial score (nSPS) is 11.0. The van der Waals surface area contributed by atoms with E-state index >= 15 is 0 Å². The van der Waals surface area contributed by atoms with Gasteiger partial charge in [-0.3, -0.25) is 0 Å².